The Morgan fingerprint density at radius 3 is 2.72 bits per heavy atom. The number of sulfonamides is 1. The highest BCUT2D eigenvalue weighted by molar-refractivity contribution is 7.89. The van der Waals surface area contributed by atoms with Gasteiger partial charge in [0.05, 0.1) is 17.8 Å². The highest BCUT2D eigenvalue weighted by atomic mass is 32.2. The van der Waals surface area contributed by atoms with Gasteiger partial charge in [-0.2, -0.15) is 14.7 Å². The fourth-order valence-electron chi connectivity index (χ4n) is 3.60. The Morgan fingerprint density at radius 1 is 1.24 bits per heavy atom. The molecule has 3 aromatic rings. The van der Waals surface area contributed by atoms with Crippen LogP contribution in [0.15, 0.2) is 65.8 Å². The molecule has 1 aromatic heterocycles. The minimum atomic E-state index is -3.77. The van der Waals surface area contributed by atoms with Crippen molar-refractivity contribution in [1.82, 2.24) is 14.1 Å². The van der Waals surface area contributed by atoms with E-state index in [1.807, 2.05) is 36.4 Å². The number of aromatic nitrogens is 2. The first-order valence-electron chi connectivity index (χ1n) is 9.28. The average molecular weight is 407 g/mol. The molecule has 1 aliphatic heterocycles. The van der Waals surface area contributed by atoms with Gasteiger partial charge in [-0.05, 0) is 35.7 Å². The van der Waals surface area contributed by atoms with Crippen molar-refractivity contribution in [2.24, 2.45) is 7.05 Å². The summed E-state index contributed by atoms with van der Waals surface area (Å²) in [6.07, 6.45) is 3.46. The number of nitriles is 1. The molecule has 8 heteroatoms. The van der Waals surface area contributed by atoms with E-state index in [1.54, 1.807) is 19.2 Å². The summed E-state index contributed by atoms with van der Waals surface area (Å²) < 4.78 is 30.0. The molecule has 1 N–H and O–H groups in total. The van der Waals surface area contributed by atoms with E-state index in [0.29, 0.717) is 18.5 Å². The second-order valence-electron chi connectivity index (χ2n) is 7.11. The Morgan fingerprint density at radius 2 is 2.03 bits per heavy atom. The molecule has 7 nitrogen and oxygen atoms in total. The average Bonchev–Trinajstić information content (AvgIpc) is 3.09. The van der Waals surface area contributed by atoms with Crippen molar-refractivity contribution in [2.75, 3.05) is 11.9 Å². The fraction of sp³-hybridized carbons (Fsp3) is 0.238. The molecule has 0 spiro atoms. The van der Waals surface area contributed by atoms with Gasteiger partial charge in [-0.3, -0.25) is 4.68 Å². The van der Waals surface area contributed by atoms with E-state index in [9.17, 15) is 13.7 Å². The van der Waals surface area contributed by atoms with Gasteiger partial charge < -0.3 is 5.32 Å². The summed E-state index contributed by atoms with van der Waals surface area (Å²) in [7, 11) is -2.08. The predicted octanol–water partition coefficient (Wildman–Crippen LogP) is 2.52. The van der Waals surface area contributed by atoms with Crippen molar-refractivity contribution in [1.29, 1.82) is 5.26 Å². The summed E-state index contributed by atoms with van der Waals surface area (Å²) in [4.78, 5) is 0.165. The van der Waals surface area contributed by atoms with Gasteiger partial charge in [-0.1, -0.05) is 30.3 Å². The van der Waals surface area contributed by atoms with Gasteiger partial charge >= 0.3 is 0 Å². The molecular formula is C21H21N5O2S. The zero-order valence-electron chi connectivity index (χ0n) is 16.0. The number of hydrogen-bond acceptors (Lipinski definition) is 5. The molecule has 148 valence electrons. The van der Waals surface area contributed by atoms with Crippen molar-refractivity contribution >= 4 is 15.7 Å². The summed E-state index contributed by atoms with van der Waals surface area (Å²) in [5.74, 6) is 0. The van der Waals surface area contributed by atoms with Crippen molar-refractivity contribution < 1.29 is 8.42 Å². The van der Waals surface area contributed by atoms with Crippen LogP contribution in [0.4, 0.5) is 5.69 Å². The SMILES string of the molecule is Cn1cc(S(=O)(=O)N2Cc3cc(C#N)ccc3NC[C@H]2Cc2ccccc2)cn1. The molecular weight excluding hydrogens is 386 g/mol. The second kappa shape index (κ2) is 7.70. The lowest BCUT2D eigenvalue weighted by Gasteiger charge is -2.28. The Hall–Kier alpha value is -3.15. The van der Waals surface area contributed by atoms with Crippen LogP contribution in [-0.4, -0.2) is 35.1 Å². The first-order chi connectivity index (χ1) is 14.0. The van der Waals surface area contributed by atoms with E-state index in [-0.39, 0.29) is 17.5 Å². The molecule has 29 heavy (non-hydrogen) atoms. The quantitative estimate of drug-likeness (QED) is 0.718. The number of hydrogen-bond donors (Lipinski definition) is 1. The van der Waals surface area contributed by atoms with E-state index < -0.39 is 10.0 Å². The lowest BCUT2D eigenvalue weighted by atomic mass is 10.1. The monoisotopic (exact) mass is 407 g/mol. The molecule has 0 bridgehead atoms. The fourth-order valence-corrected chi connectivity index (χ4v) is 5.19. The maximum Gasteiger partial charge on any atom is 0.246 e. The summed E-state index contributed by atoms with van der Waals surface area (Å²) >= 11 is 0. The van der Waals surface area contributed by atoms with Crippen molar-refractivity contribution in [3.63, 3.8) is 0 Å². The van der Waals surface area contributed by atoms with Crippen LogP contribution in [0.3, 0.4) is 0 Å². The van der Waals surface area contributed by atoms with Gasteiger partial charge in [0.2, 0.25) is 10.0 Å². The van der Waals surface area contributed by atoms with Gasteiger partial charge in [-0.25, -0.2) is 8.42 Å². The minimum Gasteiger partial charge on any atom is -0.383 e. The number of aryl methyl sites for hydroxylation is 1. The Balaban J connectivity index is 1.76. The van der Waals surface area contributed by atoms with Gasteiger partial charge in [0.1, 0.15) is 4.90 Å². The Labute approximate surface area is 170 Å². The van der Waals surface area contributed by atoms with Crippen LogP contribution in [0.25, 0.3) is 0 Å². The molecule has 4 rings (SSSR count). The van der Waals surface area contributed by atoms with E-state index in [2.05, 4.69) is 16.5 Å². The van der Waals surface area contributed by atoms with Crippen molar-refractivity contribution in [3.8, 4) is 6.07 Å². The third kappa shape index (κ3) is 3.88. The van der Waals surface area contributed by atoms with E-state index in [0.717, 1.165) is 16.8 Å². The third-order valence-electron chi connectivity index (χ3n) is 5.10. The summed E-state index contributed by atoms with van der Waals surface area (Å²) in [5, 5.41) is 16.7. The molecule has 2 aromatic carbocycles. The van der Waals surface area contributed by atoms with Gasteiger partial charge in [-0.15, -0.1) is 0 Å². The normalized spacial score (nSPS) is 17.0. The van der Waals surface area contributed by atoms with Gasteiger partial charge in [0.15, 0.2) is 0 Å². The molecule has 0 saturated heterocycles. The number of anilines is 1. The zero-order chi connectivity index (χ0) is 20.4. The van der Waals surface area contributed by atoms with E-state index >= 15 is 0 Å². The number of rotatable bonds is 4. The number of nitrogens with zero attached hydrogens (tertiary/aromatic N) is 4. The highest BCUT2D eigenvalue weighted by Gasteiger charge is 2.35. The van der Waals surface area contributed by atoms with Gasteiger partial charge in [0.25, 0.3) is 0 Å². The number of nitrogens with one attached hydrogen (secondary N) is 1. The second-order valence-corrected chi connectivity index (χ2v) is 9.00. The van der Waals surface area contributed by atoms with E-state index in [1.165, 1.54) is 21.4 Å². The van der Waals surface area contributed by atoms with Crippen molar-refractivity contribution in [3.05, 3.63) is 77.6 Å². The van der Waals surface area contributed by atoms with Crippen LogP contribution in [-0.2, 0) is 30.0 Å². The Kier molecular flexibility index (Phi) is 5.09. The summed E-state index contributed by atoms with van der Waals surface area (Å²) in [5.41, 5.74) is 3.21. The third-order valence-corrected chi connectivity index (χ3v) is 6.95. The molecule has 1 atom stereocenters. The standard InChI is InChI=1S/C21H21N5O2S/c1-25-15-20(13-24-25)29(27,28)26-14-18-9-17(11-22)7-8-21(18)23-12-19(26)10-16-5-3-2-4-6-16/h2-9,13,15,19,23H,10,12,14H2,1H3/t19-/m1/s1. The number of fused-ring (bicyclic) bond motifs is 1. The maximum absolute atomic E-state index is 13.5. The lowest BCUT2D eigenvalue weighted by Crippen LogP contribution is -2.43. The van der Waals surface area contributed by atoms with Crippen LogP contribution < -0.4 is 5.32 Å². The van der Waals surface area contributed by atoms with Crippen molar-refractivity contribution in [2.45, 2.75) is 23.9 Å². The largest absolute Gasteiger partial charge is 0.383 e. The minimum absolute atomic E-state index is 0.165. The molecule has 0 saturated carbocycles. The zero-order valence-corrected chi connectivity index (χ0v) is 16.8. The smallest absolute Gasteiger partial charge is 0.246 e. The van der Waals surface area contributed by atoms with Crippen LogP contribution in [0.5, 0.6) is 0 Å². The molecule has 0 radical (unpaired) electrons. The van der Waals surface area contributed by atoms with Crippen LogP contribution >= 0.6 is 0 Å². The first kappa shape index (κ1) is 19.2. The number of benzene rings is 2. The predicted molar refractivity (Wildman–Crippen MR) is 110 cm³/mol. The molecule has 1 aliphatic rings. The molecule has 0 fully saturated rings. The van der Waals surface area contributed by atoms with Crippen LogP contribution in [0.1, 0.15) is 16.7 Å². The molecule has 2 heterocycles. The van der Waals surface area contributed by atoms with Crippen LogP contribution in [0.2, 0.25) is 0 Å². The van der Waals surface area contributed by atoms with Gasteiger partial charge in [0, 0.05) is 38.1 Å². The lowest BCUT2D eigenvalue weighted by molar-refractivity contribution is 0.326. The molecule has 0 amide bonds. The van der Waals surface area contributed by atoms with E-state index in [4.69, 9.17) is 0 Å². The first-order valence-corrected chi connectivity index (χ1v) is 10.7. The molecule has 0 aliphatic carbocycles. The highest BCUT2D eigenvalue weighted by Crippen LogP contribution is 2.29. The topological polar surface area (TPSA) is 91.0 Å². The molecule has 0 unspecified atom stereocenters. The summed E-state index contributed by atoms with van der Waals surface area (Å²) in [6.45, 7) is 0.653. The van der Waals surface area contributed by atoms with Crippen LogP contribution in [0, 0.1) is 11.3 Å². The summed E-state index contributed by atoms with van der Waals surface area (Å²) in [6, 6.07) is 17.0. The Bertz CT molecular complexity index is 1170. The maximum atomic E-state index is 13.5.